The Hall–Kier alpha value is -4.94. The summed E-state index contributed by atoms with van der Waals surface area (Å²) in [6.45, 7) is 5.54. The van der Waals surface area contributed by atoms with E-state index < -0.39 is 40.5 Å². The Bertz CT molecular complexity index is 2180. The zero-order valence-electron chi connectivity index (χ0n) is 26.3. The summed E-state index contributed by atoms with van der Waals surface area (Å²) >= 11 is 13.1. The molecule has 3 aliphatic rings. The summed E-state index contributed by atoms with van der Waals surface area (Å²) in [6, 6.07) is 8.69. The number of benzene rings is 2. The lowest BCUT2D eigenvalue weighted by molar-refractivity contribution is -0.130. The van der Waals surface area contributed by atoms with Gasteiger partial charge in [0.15, 0.2) is 5.75 Å². The van der Waals surface area contributed by atoms with E-state index in [-0.39, 0.29) is 73.5 Å². The van der Waals surface area contributed by atoms with Gasteiger partial charge in [-0.3, -0.25) is 24.2 Å². The second kappa shape index (κ2) is 11.1. The number of furan rings is 1. The van der Waals surface area contributed by atoms with E-state index in [0.29, 0.717) is 17.1 Å². The molecular formula is C34H29Cl2N3O9. The maximum absolute atomic E-state index is 15.0. The van der Waals surface area contributed by atoms with Crippen molar-refractivity contribution in [2.24, 2.45) is 5.92 Å². The van der Waals surface area contributed by atoms with Crippen LogP contribution >= 0.6 is 23.2 Å². The van der Waals surface area contributed by atoms with Crippen molar-refractivity contribution >= 4 is 46.6 Å². The highest BCUT2D eigenvalue weighted by Crippen LogP contribution is 2.56. The summed E-state index contributed by atoms with van der Waals surface area (Å²) in [4.78, 5) is 54.9. The smallest absolute Gasteiger partial charge is 0.335 e. The number of carbonyl (C=O) groups is 3. The van der Waals surface area contributed by atoms with E-state index >= 15 is 4.79 Å². The Morgan fingerprint density at radius 2 is 1.79 bits per heavy atom. The standard InChI is InChI=1S/C34H29Cl2N3O9/c1-13(2)39-31-26(32(42)38-39)24(20-9-8-19(47-20)16-11-15(33(43)44)6-7-17(16)35)23-18(37-31)10-14(3)34(29(23)40)30(41)25-21(45-4)12-22(46-5)27(36)28(25)48-34/h6-9,11-14,24,37H,10H2,1-5H3,(H,38,42)(H,43,44)/t14-,24?,34+/m1/s1. The summed E-state index contributed by atoms with van der Waals surface area (Å²) < 4.78 is 25.2. The molecule has 12 nitrogen and oxygen atoms in total. The van der Waals surface area contributed by atoms with Crippen LogP contribution in [-0.4, -0.2) is 52.2 Å². The van der Waals surface area contributed by atoms with Crippen molar-refractivity contribution in [2.45, 2.75) is 44.8 Å². The van der Waals surface area contributed by atoms with Gasteiger partial charge in [-0.05, 0) is 50.6 Å². The fraction of sp³-hybridized carbons (Fsp3) is 0.294. The summed E-state index contributed by atoms with van der Waals surface area (Å²) in [7, 11) is 2.79. The molecule has 48 heavy (non-hydrogen) atoms. The minimum Gasteiger partial charge on any atom is -0.496 e. The largest absolute Gasteiger partial charge is 0.496 e. The number of nitrogens with one attached hydrogen (secondary N) is 2. The number of anilines is 1. The van der Waals surface area contributed by atoms with Crippen molar-refractivity contribution in [1.29, 1.82) is 0 Å². The van der Waals surface area contributed by atoms with Crippen molar-refractivity contribution in [2.75, 3.05) is 19.5 Å². The fourth-order valence-corrected chi connectivity index (χ4v) is 7.41. The number of carboxylic acids is 1. The molecule has 3 atom stereocenters. The molecule has 0 radical (unpaired) electrons. The number of hydrogen-bond donors (Lipinski definition) is 3. The zero-order valence-corrected chi connectivity index (χ0v) is 27.8. The molecule has 7 rings (SSSR count). The van der Waals surface area contributed by atoms with E-state index in [0.717, 1.165) is 0 Å². The average molecular weight is 695 g/mol. The van der Waals surface area contributed by atoms with Gasteiger partial charge in [0.25, 0.3) is 5.56 Å². The third kappa shape index (κ3) is 4.28. The predicted molar refractivity (Wildman–Crippen MR) is 175 cm³/mol. The maximum Gasteiger partial charge on any atom is 0.335 e. The number of ketones is 2. The van der Waals surface area contributed by atoms with Gasteiger partial charge in [0.1, 0.15) is 39.4 Å². The third-order valence-corrected chi connectivity index (χ3v) is 9.93. The van der Waals surface area contributed by atoms with Gasteiger partial charge >= 0.3 is 5.97 Å². The van der Waals surface area contributed by atoms with E-state index in [1.165, 1.54) is 38.5 Å². The van der Waals surface area contributed by atoms with Crippen LogP contribution in [0.25, 0.3) is 11.3 Å². The monoisotopic (exact) mass is 693 g/mol. The molecule has 1 spiro atoms. The highest BCUT2D eigenvalue weighted by molar-refractivity contribution is 6.36. The van der Waals surface area contributed by atoms with Gasteiger partial charge in [-0.15, -0.1) is 0 Å². The van der Waals surface area contributed by atoms with E-state index in [9.17, 15) is 19.5 Å². The molecular weight excluding hydrogens is 665 g/mol. The molecule has 1 unspecified atom stereocenters. The third-order valence-electron chi connectivity index (χ3n) is 9.25. The van der Waals surface area contributed by atoms with Crippen LogP contribution in [0.1, 0.15) is 71.2 Å². The number of halogens is 2. The minimum atomic E-state index is -2.04. The number of methoxy groups -OCH3 is 2. The van der Waals surface area contributed by atoms with Crippen LogP contribution in [-0.2, 0) is 4.79 Å². The quantitative estimate of drug-likeness (QED) is 0.191. The number of fused-ring (bicyclic) bond motifs is 2. The summed E-state index contributed by atoms with van der Waals surface area (Å²) in [5.41, 5.74) is -1.38. The Morgan fingerprint density at radius 1 is 1.06 bits per heavy atom. The molecule has 14 heteroatoms. The van der Waals surface area contributed by atoms with Crippen LogP contribution in [0.4, 0.5) is 5.82 Å². The van der Waals surface area contributed by atoms with Crippen LogP contribution in [0, 0.1) is 5.92 Å². The van der Waals surface area contributed by atoms with Crippen molar-refractivity contribution < 1.29 is 38.1 Å². The van der Waals surface area contributed by atoms with Gasteiger partial charge in [0.2, 0.25) is 17.2 Å². The number of aromatic carboxylic acids is 1. The minimum absolute atomic E-state index is 0.00693. The topological polar surface area (TPSA) is 162 Å². The van der Waals surface area contributed by atoms with E-state index in [2.05, 4.69) is 10.4 Å². The summed E-state index contributed by atoms with van der Waals surface area (Å²) in [6.07, 6.45) is 0.186. The van der Waals surface area contributed by atoms with E-state index in [1.807, 2.05) is 13.8 Å². The molecule has 0 saturated carbocycles. The Kier molecular flexibility index (Phi) is 7.29. The first-order valence-electron chi connectivity index (χ1n) is 15.0. The van der Waals surface area contributed by atoms with Crippen molar-refractivity contribution in [3.05, 3.63) is 90.5 Å². The normalized spacial score (nSPS) is 21.2. The van der Waals surface area contributed by atoms with Gasteiger partial charge in [0, 0.05) is 34.9 Å². The molecule has 4 heterocycles. The number of carboxylic acid groups (broad SMARTS) is 1. The summed E-state index contributed by atoms with van der Waals surface area (Å²) in [5, 5.41) is 16.0. The molecule has 3 N–H and O–H groups in total. The van der Waals surface area contributed by atoms with Crippen LogP contribution < -0.4 is 25.1 Å². The number of aromatic nitrogens is 2. The average Bonchev–Trinajstić information content (AvgIpc) is 3.75. The van der Waals surface area contributed by atoms with Crippen LogP contribution in [0.5, 0.6) is 17.2 Å². The summed E-state index contributed by atoms with van der Waals surface area (Å²) in [5.74, 6) is -3.04. The first-order chi connectivity index (χ1) is 22.8. The van der Waals surface area contributed by atoms with Gasteiger partial charge < -0.3 is 29.1 Å². The van der Waals surface area contributed by atoms with Crippen LogP contribution in [0.2, 0.25) is 10.0 Å². The number of H-pyrrole nitrogens is 1. The fourth-order valence-electron chi connectivity index (χ4n) is 6.94. The molecule has 2 aromatic carbocycles. The van der Waals surface area contributed by atoms with Gasteiger partial charge in [-0.2, -0.15) is 0 Å². The van der Waals surface area contributed by atoms with Gasteiger partial charge in [0.05, 0.1) is 36.3 Å². The number of rotatable bonds is 6. The highest BCUT2D eigenvalue weighted by atomic mass is 35.5. The SMILES string of the molecule is COc1cc(OC)c2c(c1Cl)O[C@@]1(C(=O)C3=C(C[C@H]1C)Nc1c(c(=O)[nH]n1C(C)C)C3c1ccc(-c3cc(C(=O)O)ccc3Cl)o1)C2=O. The Balaban J connectivity index is 1.42. The Labute approximate surface area is 283 Å². The van der Waals surface area contributed by atoms with Gasteiger partial charge in [-0.1, -0.05) is 30.1 Å². The van der Waals surface area contributed by atoms with E-state index in [1.54, 1.807) is 23.7 Å². The first kappa shape index (κ1) is 31.6. The number of carbonyl (C=O) groups excluding carboxylic acids is 2. The molecule has 0 bridgehead atoms. The van der Waals surface area contributed by atoms with Crippen LogP contribution in [0.15, 0.2) is 56.9 Å². The van der Waals surface area contributed by atoms with Crippen molar-refractivity contribution in [3.8, 4) is 28.6 Å². The van der Waals surface area contributed by atoms with Crippen molar-refractivity contribution in [3.63, 3.8) is 0 Å². The number of hydrogen-bond acceptors (Lipinski definition) is 9. The molecule has 248 valence electrons. The molecule has 0 amide bonds. The second-order valence-corrected chi connectivity index (χ2v) is 13.0. The molecule has 0 fully saturated rings. The number of aromatic amines is 1. The molecule has 4 aromatic rings. The lowest BCUT2D eigenvalue weighted by Crippen LogP contribution is -2.58. The lowest BCUT2D eigenvalue weighted by atomic mass is 9.66. The van der Waals surface area contributed by atoms with Crippen LogP contribution in [0.3, 0.4) is 0 Å². The van der Waals surface area contributed by atoms with E-state index in [4.69, 9.17) is 41.8 Å². The molecule has 2 aliphatic heterocycles. The highest BCUT2D eigenvalue weighted by Gasteiger charge is 2.64. The number of Topliss-reactive ketones (excluding diaryl/α,β-unsaturated/α-hetero) is 2. The first-order valence-corrected chi connectivity index (χ1v) is 15.8. The molecule has 1 aliphatic carbocycles. The van der Waals surface area contributed by atoms with Gasteiger partial charge in [-0.25, -0.2) is 4.79 Å². The molecule has 0 saturated heterocycles. The Morgan fingerprint density at radius 3 is 2.46 bits per heavy atom. The second-order valence-electron chi connectivity index (χ2n) is 12.2. The molecule has 2 aromatic heterocycles. The number of allylic oxidation sites excluding steroid dienone is 1. The zero-order chi connectivity index (χ0) is 34.4. The maximum atomic E-state index is 15.0. The predicted octanol–water partition coefficient (Wildman–Crippen LogP) is 6.47. The lowest BCUT2D eigenvalue weighted by Gasteiger charge is -2.41. The van der Waals surface area contributed by atoms with Crippen molar-refractivity contribution in [1.82, 2.24) is 9.78 Å². The number of nitrogens with zero attached hydrogens (tertiary/aromatic N) is 1. The number of ether oxygens (including phenoxy) is 3.